The van der Waals surface area contributed by atoms with Crippen LogP contribution in [0.25, 0.3) is 0 Å². The van der Waals surface area contributed by atoms with E-state index in [1.165, 1.54) is 0 Å². The van der Waals surface area contributed by atoms with Crippen molar-refractivity contribution in [2.24, 2.45) is 5.73 Å². The van der Waals surface area contributed by atoms with E-state index in [1.54, 1.807) is 42.5 Å². The van der Waals surface area contributed by atoms with Gasteiger partial charge in [-0.25, -0.2) is 0 Å². The molecule has 1 amide bonds. The zero-order valence-corrected chi connectivity index (χ0v) is 9.67. The normalized spacial score (nSPS) is 10.0. The quantitative estimate of drug-likeness (QED) is 0.863. The topological polar surface area (TPSA) is 72.6 Å². The molecule has 0 aliphatic heterocycles. The number of hydrogen-bond donors (Lipinski definition) is 2. The molecule has 0 fully saturated rings. The second-order valence-electron chi connectivity index (χ2n) is 3.82. The molecule has 0 atom stereocenters. The molecule has 18 heavy (non-hydrogen) atoms. The van der Waals surface area contributed by atoms with Gasteiger partial charge in [-0.3, -0.25) is 4.79 Å². The van der Waals surface area contributed by atoms with E-state index >= 15 is 0 Å². The lowest BCUT2D eigenvalue weighted by molar-refractivity contribution is 0.0996. The lowest BCUT2D eigenvalue weighted by Crippen LogP contribution is -2.12. The van der Waals surface area contributed by atoms with Gasteiger partial charge in [-0.05, 0) is 29.8 Å². The molecule has 0 aliphatic carbocycles. The van der Waals surface area contributed by atoms with E-state index in [1.807, 2.05) is 6.07 Å². The first-order chi connectivity index (χ1) is 8.66. The summed E-state index contributed by atoms with van der Waals surface area (Å²) in [5.41, 5.74) is 6.41. The number of rotatable bonds is 4. The Morgan fingerprint density at radius 1 is 1.17 bits per heavy atom. The summed E-state index contributed by atoms with van der Waals surface area (Å²) in [5.74, 6) is 0.0918. The van der Waals surface area contributed by atoms with E-state index in [4.69, 9.17) is 10.5 Å². The summed E-state index contributed by atoms with van der Waals surface area (Å²) >= 11 is 0. The van der Waals surface area contributed by atoms with Crippen molar-refractivity contribution in [1.82, 2.24) is 0 Å². The molecule has 0 saturated carbocycles. The third-order valence-electron chi connectivity index (χ3n) is 2.46. The van der Waals surface area contributed by atoms with Crippen LogP contribution in [0.1, 0.15) is 15.9 Å². The molecular formula is C14H13NO3. The standard InChI is InChI=1S/C14H13NO3/c15-14(17)12-6-1-2-7-13(12)18-9-10-4-3-5-11(16)8-10/h1-8,16H,9H2,(H2,15,17). The average molecular weight is 243 g/mol. The molecule has 0 aliphatic rings. The van der Waals surface area contributed by atoms with E-state index < -0.39 is 5.91 Å². The largest absolute Gasteiger partial charge is 0.508 e. The van der Waals surface area contributed by atoms with Gasteiger partial charge in [0, 0.05) is 0 Å². The zero-order valence-electron chi connectivity index (χ0n) is 9.67. The summed E-state index contributed by atoms with van der Waals surface area (Å²) in [6.45, 7) is 0.263. The van der Waals surface area contributed by atoms with Crippen molar-refractivity contribution in [1.29, 1.82) is 0 Å². The minimum Gasteiger partial charge on any atom is -0.508 e. The SMILES string of the molecule is NC(=O)c1ccccc1OCc1cccc(O)c1. The maximum Gasteiger partial charge on any atom is 0.252 e. The van der Waals surface area contributed by atoms with Crippen molar-refractivity contribution < 1.29 is 14.6 Å². The van der Waals surface area contributed by atoms with Crippen molar-refractivity contribution in [2.45, 2.75) is 6.61 Å². The van der Waals surface area contributed by atoms with Crippen LogP contribution in [0.15, 0.2) is 48.5 Å². The monoisotopic (exact) mass is 243 g/mol. The van der Waals surface area contributed by atoms with Gasteiger partial charge in [0.2, 0.25) is 0 Å². The van der Waals surface area contributed by atoms with Crippen LogP contribution in [0, 0.1) is 0 Å². The number of carbonyl (C=O) groups excluding carboxylic acids is 1. The molecule has 0 aromatic heterocycles. The minimum atomic E-state index is -0.526. The van der Waals surface area contributed by atoms with E-state index in [2.05, 4.69) is 0 Å². The van der Waals surface area contributed by atoms with Crippen molar-refractivity contribution in [3.8, 4) is 11.5 Å². The molecule has 0 saturated heterocycles. The second-order valence-corrected chi connectivity index (χ2v) is 3.82. The second kappa shape index (κ2) is 5.23. The van der Waals surface area contributed by atoms with E-state index in [0.717, 1.165) is 5.56 Å². The zero-order chi connectivity index (χ0) is 13.0. The number of phenols is 1. The number of carbonyl (C=O) groups is 1. The molecule has 0 radical (unpaired) electrons. The lowest BCUT2D eigenvalue weighted by Gasteiger charge is -2.09. The Morgan fingerprint density at radius 3 is 2.67 bits per heavy atom. The van der Waals surface area contributed by atoms with E-state index in [-0.39, 0.29) is 12.4 Å². The number of nitrogens with two attached hydrogens (primary N) is 1. The summed E-state index contributed by atoms with van der Waals surface area (Å²) in [6, 6.07) is 13.5. The van der Waals surface area contributed by atoms with Crippen LogP contribution in [-0.2, 0) is 6.61 Å². The average Bonchev–Trinajstić information content (AvgIpc) is 2.37. The molecule has 0 heterocycles. The highest BCUT2D eigenvalue weighted by atomic mass is 16.5. The molecule has 0 spiro atoms. The molecule has 2 rings (SSSR count). The van der Waals surface area contributed by atoms with Gasteiger partial charge in [0.15, 0.2) is 0 Å². The summed E-state index contributed by atoms with van der Waals surface area (Å²) in [5, 5.41) is 9.32. The van der Waals surface area contributed by atoms with Gasteiger partial charge in [-0.15, -0.1) is 0 Å². The molecule has 0 bridgehead atoms. The Kier molecular flexibility index (Phi) is 3.48. The van der Waals surface area contributed by atoms with Crippen LogP contribution in [0.4, 0.5) is 0 Å². The highest BCUT2D eigenvalue weighted by Gasteiger charge is 2.08. The molecule has 2 aromatic rings. The van der Waals surface area contributed by atoms with Crippen molar-refractivity contribution in [3.05, 3.63) is 59.7 Å². The van der Waals surface area contributed by atoms with Gasteiger partial charge >= 0.3 is 0 Å². The summed E-state index contributed by atoms with van der Waals surface area (Å²) in [6.07, 6.45) is 0. The van der Waals surface area contributed by atoms with Crippen molar-refractivity contribution in [2.75, 3.05) is 0 Å². The fraction of sp³-hybridized carbons (Fsp3) is 0.0714. The number of ether oxygens (including phenoxy) is 1. The molecule has 3 N–H and O–H groups in total. The number of para-hydroxylation sites is 1. The van der Waals surface area contributed by atoms with Crippen LogP contribution in [0.5, 0.6) is 11.5 Å². The number of benzene rings is 2. The molecule has 2 aromatic carbocycles. The van der Waals surface area contributed by atoms with Gasteiger partial charge in [-0.1, -0.05) is 24.3 Å². The predicted molar refractivity (Wildman–Crippen MR) is 67.4 cm³/mol. The lowest BCUT2D eigenvalue weighted by atomic mass is 10.2. The van der Waals surface area contributed by atoms with Crippen LogP contribution in [0.2, 0.25) is 0 Å². The first-order valence-electron chi connectivity index (χ1n) is 5.46. The first kappa shape index (κ1) is 12.0. The number of amides is 1. The Morgan fingerprint density at radius 2 is 1.94 bits per heavy atom. The first-order valence-corrected chi connectivity index (χ1v) is 5.46. The molecule has 4 nitrogen and oxygen atoms in total. The maximum absolute atomic E-state index is 11.2. The fourth-order valence-electron chi connectivity index (χ4n) is 1.60. The number of phenolic OH excluding ortho intramolecular Hbond substituents is 1. The van der Waals surface area contributed by atoms with E-state index in [9.17, 15) is 9.90 Å². The Balaban J connectivity index is 2.13. The van der Waals surface area contributed by atoms with Gasteiger partial charge < -0.3 is 15.6 Å². The molecular weight excluding hydrogens is 230 g/mol. The highest BCUT2D eigenvalue weighted by Crippen LogP contribution is 2.19. The molecule has 0 unspecified atom stereocenters. The summed E-state index contributed by atoms with van der Waals surface area (Å²) in [7, 11) is 0. The highest BCUT2D eigenvalue weighted by molar-refractivity contribution is 5.95. The fourth-order valence-corrected chi connectivity index (χ4v) is 1.60. The smallest absolute Gasteiger partial charge is 0.252 e. The third kappa shape index (κ3) is 2.79. The third-order valence-corrected chi connectivity index (χ3v) is 2.46. The van der Waals surface area contributed by atoms with Crippen LogP contribution in [0.3, 0.4) is 0 Å². The number of aromatic hydroxyl groups is 1. The number of primary amides is 1. The van der Waals surface area contributed by atoms with Crippen LogP contribution >= 0.6 is 0 Å². The predicted octanol–water partition coefficient (Wildman–Crippen LogP) is 2.07. The van der Waals surface area contributed by atoms with Gasteiger partial charge in [-0.2, -0.15) is 0 Å². The Hall–Kier alpha value is -2.49. The molecule has 92 valence electrons. The van der Waals surface area contributed by atoms with Crippen LogP contribution < -0.4 is 10.5 Å². The van der Waals surface area contributed by atoms with Gasteiger partial charge in [0.05, 0.1) is 5.56 Å². The van der Waals surface area contributed by atoms with Gasteiger partial charge in [0.25, 0.3) is 5.91 Å². The summed E-state index contributed by atoms with van der Waals surface area (Å²) < 4.78 is 5.53. The Labute approximate surface area is 105 Å². The molecule has 4 heteroatoms. The van der Waals surface area contributed by atoms with Crippen molar-refractivity contribution >= 4 is 5.91 Å². The number of hydrogen-bond acceptors (Lipinski definition) is 3. The van der Waals surface area contributed by atoms with Gasteiger partial charge in [0.1, 0.15) is 18.1 Å². The minimum absolute atomic E-state index is 0.180. The van der Waals surface area contributed by atoms with Crippen LogP contribution in [-0.4, -0.2) is 11.0 Å². The van der Waals surface area contributed by atoms with Crippen molar-refractivity contribution in [3.63, 3.8) is 0 Å². The van der Waals surface area contributed by atoms with E-state index in [0.29, 0.717) is 11.3 Å². The Bertz CT molecular complexity index is 566. The maximum atomic E-state index is 11.2. The summed E-state index contributed by atoms with van der Waals surface area (Å²) in [4.78, 5) is 11.2.